The summed E-state index contributed by atoms with van der Waals surface area (Å²) in [5, 5.41) is 0.590. The first-order chi connectivity index (χ1) is 13.4. The number of nitrogen functional groups attached to an aromatic ring is 1. The first-order valence-electron chi connectivity index (χ1n) is 8.39. The lowest BCUT2D eigenvalue weighted by atomic mass is 10.1. The summed E-state index contributed by atoms with van der Waals surface area (Å²) in [7, 11) is 0. The summed E-state index contributed by atoms with van der Waals surface area (Å²) in [6.45, 7) is 3.57. The van der Waals surface area contributed by atoms with Crippen LogP contribution in [-0.4, -0.2) is 34.8 Å². The van der Waals surface area contributed by atoms with Gasteiger partial charge in [-0.3, -0.25) is 4.79 Å². The van der Waals surface area contributed by atoms with E-state index in [1.54, 1.807) is 13.8 Å². The number of fused-ring (bicyclic) bond motifs is 1. The predicted octanol–water partition coefficient (Wildman–Crippen LogP) is 2.93. The van der Waals surface area contributed by atoms with Crippen molar-refractivity contribution < 1.29 is 23.9 Å². The number of esters is 2. The van der Waals surface area contributed by atoms with Crippen LogP contribution in [0.4, 0.5) is 5.82 Å². The molecule has 0 aliphatic carbocycles. The molecule has 144 valence electrons. The Balaban J connectivity index is 1.80. The molecule has 1 aromatic carbocycles. The van der Waals surface area contributed by atoms with Crippen LogP contribution in [0.5, 0.6) is 0 Å². The number of rotatable bonds is 6. The average Bonchev–Trinajstić information content (AvgIpc) is 3.03. The molecule has 0 saturated carbocycles. The monoisotopic (exact) mass is 399 g/mol. The highest BCUT2D eigenvalue weighted by Crippen LogP contribution is 2.33. The van der Waals surface area contributed by atoms with Gasteiger partial charge in [-0.25, -0.2) is 19.6 Å². The van der Waals surface area contributed by atoms with E-state index in [-0.39, 0.29) is 24.9 Å². The van der Waals surface area contributed by atoms with Gasteiger partial charge in [0.2, 0.25) is 0 Å². The Morgan fingerprint density at radius 3 is 2.50 bits per heavy atom. The fourth-order valence-corrected chi connectivity index (χ4v) is 3.68. The number of hydrogen-bond donors (Lipinski definition) is 1. The molecule has 0 unspecified atom stereocenters. The van der Waals surface area contributed by atoms with E-state index in [9.17, 15) is 14.4 Å². The Labute approximate surface area is 164 Å². The second kappa shape index (κ2) is 8.13. The Kier molecular flexibility index (Phi) is 5.65. The fourth-order valence-electron chi connectivity index (χ4n) is 2.58. The topological polar surface area (TPSA) is 121 Å². The van der Waals surface area contributed by atoms with Crippen LogP contribution in [-0.2, 0) is 16.1 Å². The number of ether oxygens (including phenoxy) is 2. The van der Waals surface area contributed by atoms with E-state index in [0.717, 1.165) is 11.3 Å². The Hall–Kier alpha value is -3.33. The molecule has 8 nitrogen and oxygen atoms in total. The third kappa shape index (κ3) is 3.84. The van der Waals surface area contributed by atoms with Crippen molar-refractivity contribution in [3.63, 3.8) is 0 Å². The number of hydrogen-bond acceptors (Lipinski definition) is 9. The molecule has 0 fully saturated rings. The third-order valence-corrected chi connectivity index (χ3v) is 5.11. The zero-order valence-electron chi connectivity index (χ0n) is 15.2. The summed E-state index contributed by atoms with van der Waals surface area (Å²) < 4.78 is 10.3. The summed E-state index contributed by atoms with van der Waals surface area (Å²) in [4.78, 5) is 44.3. The van der Waals surface area contributed by atoms with E-state index in [4.69, 9.17) is 15.2 Å². The summed E-state index contributed by atoms with van der Waals surface area (Å²) >= 11 is 1.16. The fraction of sp³-hybridized carbons (Fsp3) is 0.211. The van der Waals surface area contributed by atoms with Crippen LogP contribution >= 0.6 is 11.3 Å². The summed E-state index contributed by atoms with van der Waals surface area (Å²) in [5.41, 5.74) is 7.45. The van der Waals surface area contributed by atoms with Crippen LogP contribution in [0.3, 0.4) is 0 Å². The maximum Gasteiger partial charge on any atom is 0.348 e. The van der Waals surface area contributed by atoms with Crippen LogP contribution in [0.25, 0.3) is 10.2 Å². The first kappa shape index (κ1) is 19.4. The molecule has 28 heavy (non-hydrogen) atoms. The van der Waals surface area contributed by atoms with Crippen molar-refractivity contribution in [2.75, 3.05) is 12.3 Å². The molecule has 0 spiro atoms. The van der Waals surface area contributed by atoms with Crippen LogP contribution in [0.1, 0.15) is 48.7 Å². The van der Waals surface area contributed by atoms with Gasteiger partial charge < -0.3 is 15.2 Å². The standard InChI is InChI=1S/C19H17N3O5S/c1-3-26-19(25)15-10(2)14-16(20)21-13(22-17(14)28-15)9-27-18(24)12-6-4-11(8-23)5-7-12/h4-8H,3,9H2,1-2H3,(H2,20,21,22). The Bertz CT molecular complexity index is 1060. The lowest BCUT2D eigenvalue weighted by Crippen LogP contribution is -2.08. The zero-order valence-corrected chi connectivity index (χ0v) is 16.0. The number of carbonyl (C=O) groups excluding carboxylic acids is 3. The van der Waals surface area contributed by atoms with Gasteiger partial charge in [-0.15, -0.1) is 11.3 Å². The molecular weight excluding hydrogens is 382 g/mol. The quantitative estimate of drug-likeness (QED) is 0.496. The lowest BCUT2D eigenvalue weighted by Gasteiger charge is -2.06. The number of aromatic nitrogens is 2. The van der Waals surface area contributed by atoms with E-state index in [2.05, 4.69) is 9.97 Å². The molecular formula is C19H17N3O5S. The molecule has 3 rings (SSSR count). The van der Waals surface area contributed by atoms with Gasteiger partial charge in [-0.2, -0.15) is 0 Å². The smallest absolute Gasteiger partial charge is 0.348 e. The van der Waals surface area contributed by atoms with E-state index in [0.29, 0.717) is 38.1 Å². The van der Waals surface area contributed by atoms with Crippen molar-refractivity contribution in [3.8, 4) is 0 Å². The highest BCUT2D eigenvalue weighted by Gasteiger charge is 2.20. The van der Waals surface area contributed by atoms with Gasteiger partial charge in [0.15, 0.2) is 12.4 Å². The molecule has 2 heterocycles. The maximum absolute atomic E-state index is 12.1. The number of benzene rings is 1. The number of aldehydes is 1. The number of thiophene rings is 1. The van der Waals surface area contributed by atoms with Crippen molar-refractivity contribution in [2.24, 2.45) is 0 Å². The molecule has 0 aliphatic rings. The van der Waals surface area contributed by atoms with E-state index in [1.165, 1.54) is 24.3 Å². The van der Waals surface area contributed by atoms with Gasteiger partial charge in [0.05, 0.1) is 17.6 Å². The molecule has 0 aliphatic heterocycles. The van der Waals surface area contributed by atoms with Gasteiger partial charge in [-0.05, 0) is 31.5 Å². The molecule has 0 amide bonds. The molecule has 2 aromatic heterocycles. The van der Waals surface area contributed by atoms with Gasteiger partial charge in [0, 0.05) is 5.56 Å². The molecule has 0 atom stereocenters. The predicted molar refractivity (Wildman–Crippen MR) is 103 cm³/mol. The molecule has 3 aromatic rings. The lowest BCUT2D eigenvalue weighted by molar-refractivity contribution is 0.0461. The second-order valence-electron chi connectivity index (χ2n) is 5.80. The number of aryl methyl sites for hydroxylation is 1. The molecule has 0 bridgehead atoms. The normalized spacial score (nSPS) is 10.6. The van der Waals surface area contributed by atoms with Crippen LogP contribution < -0.4 is 5.73 Å². The molecule has 0 saturated heterocycles. The summed E-state index contributed by atoms with van der Waals surface area (Å²) in [6, 6.07) is 6.04. The largest absolute Gasteiger partial charge is 0.462 e. The SMILES string of the molecule is CCOC(=O)c1sc2nc(COC(=O)c3ccc(C=O)cc3)nc(N)c2c1C. The van der Waals surface area contributed by atoms with Crippen molar-refractivity contribution in [2.45, 2.75) is 20.5 Å². The Morgan fingerprint density at radius 1 is 1.14 bits per heavy atom. The number of nitrogens with two attached hydrogens (primary N) is 1. The summed E-state index contributed by atoms with van der Waals surface area (Å²) in [5.74, 6) is -0.585. The Morgan fingerprint density at radius 2 is 1.86 bits per heavy atom. The minimum absolute atomic E-state index is 0.180. The first-order valence-corrected chi connectivity index (χ1v) is 9.21. The molecule has 9 heteroatoms. The van der Waals surface area contributed by atoms with E-state index in [1.807, 2.05) is 0 Å². The third-order valence-electron chi connectivity index (χ3n) is 3.94. The highest BCUT2D eigenvalue weighted by molar-refractivity contribution is 7.20. The van der Waals surface area contributed by atoms with Crippen LogP contribution in [0.15, 0.2) is 24.3 Å². The van der Waals surface area contributed by atoms with Gasteiger partial charge in [0.1, 0.15) is 21.8 Å². The van der Waals surface area contributed by atoms with Crippen molar-refractivity contribution in [3.05, 3.63) is 51.7 Å². The zero-order chi connectivity index (χ0) is 20.3. The summed E-state index contributed by atoms with van der Waals surface area (Å²) in [6.07, 6.45) is 0.689. The van der Waals surface area contributed by atoms with E-state index < -0.39 is 11.9 Å². The van der Waals surface area contributed by atoms with Crippen molar-refractivity contribution >= 4 is 45.6 Å². The minimum Gasteiger partial charge on any atom is -0.462 e. The number of carbonyl (C=O) groups is 3. The second-order valence-corrected chi connectivity index (χ2v) is 6.80. The molecule has 2 N–H and O–H groups in total. The van der Waals surface area contributed by atoms with Crippen LogP contribution in [0, 0.1) is 6.92 Å². The van der Waals surface area contributed by atoms with Crippen molar-refractivity contribution in [1.82, 2.24) is 9.97 Å². The minimum atomic E-state index is -0.575. The highest BCUT2D eigenvalue weighted by atomic mass is 32.1. The number of anilines is 1. The number of nitrogens with zero attached hydrogens (tertiary/aromatic N) is 2. The van der Waals surface area contributed by atoms with Gasteiger partial charge in [0.25, 0.3) is 0 Å². The average molecular weight is 399 g/mol. The van der Waals surface area contributed by atoms with Gasteiger partial charge in [-0.1, -0.05) is 12.1 Å². The molecule has 0 radical (unpaired) electrons. The maximum atomic E-state index is 12.1. The van der Waals surface area contributed by atoms with Crippen molar-refractivity contribution in [1.29, 1.82) is 0 Å². The van der Waals surface area contributed by atoms with E-state index >= 15 is 0 Å². The van der Waals surface area contributed by atoms with Gasteiger partial charge >= 0.3 is 11.9 Å². The van der Waals surface area contributed by atoms with Crippen LogP contribution in [0.2, 0.25) is 0 Å².